The summed E-state index contributed by atoms with van der Waals surface area (Å²) in [4.78, 5) is 42.8. The largest absolute Gasteiger partial charge is 0.505 e. The van der Waals surface area contributed by atoms with E-state index in [1.807, 2.05) is 67.6 Å². The van der Waals surface area contributed by atoms with Gasteiger partial charge in [-0.15, -0.1) is 0 Å². The Balaban J connectivity index is 1.08. The van der Waals surface area contributed by atoms with Crippen molar-refractivity contribution >= 4 is 65.2 Å². The van der Waals surface area contributed by atoms with Gasteiger partial charge in [0.25, 0.3) is 11.8 Å². The highest BCUT2D eigenvalue weighted by atomic mass is 32.1. The van der Waals surface area contributed by atoms with Crippen LogP contribution in [0.15, 0.2) is 91.3 Å². The molecule has 4 N–H and O–H groups in total. The van der Waals surface area contributed by atoms with Crippen molar-refractivity contribution in [3.8, 4) is 34.1 Å². The Morgan fingerprint density at radius 1 is 0.717 bits per heavy atom. The van der Waals surface area contributed by atoms with Crippen LogP contribution in [0.1, 0.15) is 26.5 Å². The standard InChI is InChI=1S/C33H22N6O5S2/c1-17-12-18(14-26-27(17)37-33(46-26)39-30(42)28-23(40)8-5-11-34-28)19-13-24(41)29(35-16-19)31(43)38-32-36-22-10-9-21(15-25(22)45-32)44-20-6-3-2-4-7-20/h2-16,40-41H,1H3,(H,36,38,43)(H,37,39,42). The zero-order valence-electron chi connectivity index (χ0n) is 23.9. The summed E-state index contributed by atoms with van der Waals surface area (Å²) in [6.07, 6.45) is 2.93. The van der Waals surface area contributed by atoms with Crippen molar-refractivity contribution in [2.45, 2.75) is 6.92 Å². The Hall–Kier alpha value is -5.92. The highest BCUT2D eigenvalue weighted by molar-refractivity contribution is 7.22. The maximum Gasteiger partial charge on any atom is 0.279 e. The molecular formula is C33H22N6O5S2. The van der Waals surface area contributed by atoms with Crippen LogP contribution < -0.4 is 15.4 Å². The van der Waals surface area contributed by atoms with E-state index in [0.29, 0.717) is 38.4 Å². The van der Waals surface area contributed by atoms with Crippen molar-refractivity contribution in [3.05, 3.63) is 108 Å². The van der Waals surface area contributed by atoms with E-state index >= 15 is 0 Å². The lowest BCUT2D eigenvalue weighted by molar-refractivity contribution is 0.101. The molecule has 0 saturated carbocycles. The SMILES string of the molecule is Cc1cc(-c2cnc(C(=O)Nc3nc4ccc(Oc5ccccc5)cc4s3)c(O)c2)cc2sc(NC(=O)c3ncccc3O)nc12. The molecule has 0 aliphatic rings. The molecule has 7 aromatic rings. The van der Waals surface area contributed by atoms with Gasteiger partial charge in [0.1, 0.15) is 23.0 Å². The van der Waals surface area contributed by atoms with Gasteiger partial charge in [0.2, 0.25) is 0 Å². The zero-order valence-corrected chi connectivity index (χ0v) is 25.5. The van der Waals surface area contributed by atoms with E-state index in [0.717, 1.165) is 20.5 Å². The van der Waals surface area contributed by atoms with Crippen molar-refractivity contribution in [2.24, 2.45) is 0 Å². The molecule has 4 heterocycles. The number of hydrogen-bond donors (Lipinski definition) is 4. The summed E-state index contributed by atoms with van der Waals surface area (Å²) in [5.41, 5.74) is 3.30. The molecule has 2 amide bonds. The fourth-order valence-electron chi connectivity index (χ4n) is 4.73. The summed E-state index contributed by atoms with van der Waals surface area (Å²) in [5.74, 6) is -0.341. The molecule has 226 valence electrons. The number of para-hydroxylation sites is 1. The first-order valence-electron chi connectivity index (χ1n) is 13.8. The number of benzene rings is 3. The Bertz CT molecular complexity index is 2290. The highest BCUT2D eigenvalue weighted by Crippen LogP contribution is 2.35. The van der Waals surface area contributed by atoms with E-state index in [4.69, 9.17) is 4.74 Å². The number of hydrogen-bond acceptors (Lipinski definition) is 11. The second kappa shape index (κ2) is 11.9. The minimum Gasteiger partial charge on any atom is -0.505 e. The number of fused-ring (bicyclic) bond motifs is 2. The Labute approximate surface area is 268 Å². The first-order valence-corrected chi connectivity index (χ1v) is 15.4. The predicted octanol–water partition coefficient (Wildman–Crippen LogP) is 7.38. The van der Waals surface area contributed by atoms with Crippen molar-refractivity contribution in [1.29, 1.82) is 0 Å². The molecule has 46 heavy (non-hydrogen) atoms. The molecule has 0 saturated heterocycles. The zero-order chi connectivity index (χ0) is 31.8. The highest BCUT2D eigenvalue weighted by Gasteiger charge is 2.19. The number of amides is 2. The minimum atomic E-state index is -0.600. The molecule has 0 unspecified atom stereocenters. The van der Waals surface area contributed by atoms with Crippen LogP contribution in [-0.2, 0) is 0 Å². The lowest BCUT2D eigenvalue weighted by Gasteiger charge is -2.07. The number of aromatic nitrogens is 4. The van der Waals surface area contributed by atoms with Crippen LogP contribution >= 0.6 is 22.7 Å². The first-order chi connectivity index (χ1) is 22.3. The van der Waals surface area contributed by atoms with Crippen LogP contribution in [0.3, 0.4) is 0 Å². The van der Waals surface area contributed by atoms with Crippen molar-refractivity contribution in [1.82, 2.24) is 19.9 Å². The summed E-state index contributed by atoms with van der Waals surface area (Å²) in [5, 5.41) is 26.8. The fraction of sp³-hybridized carbons (Fsp3) is 0.0303. The Morgan fingerprint density at radius 2 is 1.46 bits per heavy atom. The number of nitrogens with one attached hydrogen (secondary N) is 2. The molecule has 0 radical (unpaired) electrons. The smallest absolute Gasteiger partial charge is 0.279 e. The summed E-state index contributed by atoms with van der Waals surface area (Å²) in [6.45, 7) is 1.88. The van der Waals surface area contributed by atoms with Gasteiger partial charge in [-0.2, -0.15) is 0 Å². The Kier molecular flexibility index (Phi) is 7.44. The van der Waals surface area contributed by atoms with Crippen molar-refractivity contribution in [3.63, 3.8) is 0 Å². The average molecular weight is 647 g/mol. The number of carbonyl (C=O) groups is 2. The summed E-state index contributed by atoms with van der Waals surface area (Å²) < 4.78 is 7.50. The van der Waals surface area contributed by atoms with E-state index in [1.165, 1.54) is 53.3 Å². The third-order valence-corrected chi connectivity index (χ3v) is 8.73. The van der Waals surface area contributed by atoms with Gasteiger partial charge in [0, 0.05) is 24.0 Å². The van der Waals surface area contributed by atoms with Gasteiger partial charge in [-0.3, -0.25) is 20.2 Å². The fourth-order valence-corrected chi connectivity index (χ4v) is 6.60. The molecule has 11 nitrogen and oxygen atoms in total. The molecule has 13 heteroatoms. The van der Waals surface area contributed by atoms with Gasteiger partial charge in [0.15, 0.2) is 21.7 Å². The molecule has 0 aliphatic heterocycles. The van der Waals surface area contributed by atoms with Crippen LogP contribution in [0, 0.1) is 6.92 Å². The number of rotatable bonds is 7. The first kappa shape index (κ1) is 28.8. The quantitative estimate of drug-likeness (QED) is 0.139. The van der Waals surface area contributed by atoms with Gasteiger partial charge in [-0.05, 0) is 72.6 Å². The summed E-state index contributed by atoms with van der Waals surface area (Å²) in [6, 6.07) is 23.0. The number of carbonyl (C=O) groups excluding carboxylic acids is 2. The Morgan fingerprint density at radius 3 is 2.22 bits per heavy atom. The van der Waals surface area contributed by atoms with Gasteiger partial charge in [0.05, 0.1) is 20.4 Å². The normalized spacial score (nSPS) is 11.1. The van der Waals surface area contributed by atoms with E-state index in [9.17, 15) is 19.8 Å². The topological polar surface area (TPSA) is 159 Å². The molecule has 3 aromatic carbocycles. The van der Waals surface area contributed by atoms with E-state index in [1.54, 1.807) is 0 Å². The maximum atomic E-state index is 13.1. The summed E-state index contributed by atoms with van der Waals surface area (Å²) in [7, 11) is 0. The third-order valence-electron chi connectivity index (χ3n) is 6.88. The number of thiazole rings is 2. The lowest BCUT2D eigenvalue weighted by Crippen LogP contribution is -2.13. The molecule has 7 rings (SSSR count). The van der Waals surface area contributed by atoms with Gasteiger partial charge in [-0.25, -0.2) is 19.9 Å². The molecule has 0 atom stereocenters. The van der Waals surface area contributed by atoms with E-state index in [2.05, 4.69) is 30.6 Å². The van der Waals surface area contributed by atoms with Crippen LogP contribution in [0.25, 0.3) is 31.6 Å². The number of nitrogens with zero attached hydrogens (tertiary/aromatic N) is 4. The van der Waals surface area contributed by atoms with Crippen molar-refractivity contribution < 1.29 is 24.5 Å². The molecule has 0 aliphatic carbocycles. The molecule has 0 fully saturated rings. The van der Waals surface area contributed by atoms with E-state index < -0.39 is 11.8 Å². The number of ether oxygens (including phenoxy) is 1. The molecular weight excluding hydrogens is 625 g/mol. The van der Waals surface area contributed by atoms with Gasteiger partial charge >= 0.3 is 0 Å². The second-order valence-corrected chi connectivity index (χ2v) is 12.2. The number of aromatic hydroxyl groups is 2. The molecule has 4 aromatic heterocycles. The average Bonchev–Trinajstić information content (AvgIpc) is 3.64. The maximum absolute atomic E-state index is 13.1. The van der Waals surface area contributed by atoms with Crippen molar-refractivity contribution in [2.75, 3.05) is 10.6 Å². The number of anilines is 2. The molecule has 0 bridgehead atoms. The van der Waals surface area contributed by atoms with Crippen LogP contribution in [0.5, 0.6) is 23.0 Å². The minimum absolute atomic E-state index is 0.101. The van der Waals surface area contributed by atoms with Crippen LogP contribution in [0.4, 0.5) is 10.3 Å². The monoisotopic (exact) mass is 646 g/mol. The third kappa shape index (κ3) is 5.79. The predicted molar refractivity (Wildman–Crippen MR) is 177 cm³/mol. The number of aryl methyl sites for hydroxylation is 1. The van der Waals surface area contributed by atoms with E-state index in [-0.39, 0.29) is 22.9 Å². The van der Waals surface area contributed by atoms with Gasteiger partial charge in [-0.1, -0.05) is 40.9 Å². The van der Waals surface area contributed by atoms with Gasteiger partial charge < -0.3 is 14.9 Å². The second-order valence-electron chi connectivity index (χ2n) is 10.1. The summed E-state index contributed by atoms with van der Waals surface area (Å²) >= 11 is 2.53. The van der Waals surface area contributed by atoms with Crippen LogP contribution in [-0.4, -0.2) is 42.0 Å². The number of pyridine rings is 2. The lowest BCUT2D eigenvalue weighted by atomic mass is 10.0. The van der Waals surface area contributed by atoms with Crippen LogP contribution in [0.2, 0.25) is 0 Å². The molecule has 0 spiro atoms.